The number of carbonyl (C=O) groups excluding carboxylic acids is 1. The fraction of sp³-hybridized carbons (Fsp3) is 0. The molecule has 4 N–H and O–H groups in total. The smallest absolute Gasteiger partial charge is 0.274 e. The highest BCUT2D eigenvalue weighted by Gasteiger charge is 2.07. The van der Waals surface area contributed by atoms with Crippen LogP contribution in [0.2, 0.25) is 0 Å². The number of nitrogens with two attached hydrogens (primary N) is 1. The van der Waals surface area contributed by atoms with Crippen molar-refractivity contribution in [2.24, 2.45) is 0 Å². The minimum absolute atomic E-state index is 0.274. The second-order valence-corrected chi connectivity index (χ2v) is 2.92. The third kappa shape index (κ3) is 2.11. The standard InChI is InChI=1S/C9H9N5O/c10-6-1-2-11-8(3-6)9(15)14-7-4-12-13-5-7/h1-5H,(H2,10,11)(H,12,13)(H,14,15). The number of hydrogen-bond acceptors (Lipinski definition) is 4. The highest BCUT2D eigenvalue weighted by molar-refractivity contribution is 6.03. The second-order valence-electron chi connectivity index (χ2n) is 2.92. The third-order valence-corrected chi connectivity index (χ3v) is 1.77. The Hall–Kier alpha value is -2.37. The monoisotopic (exact) mass is 203 g/mol. The molecule has 2 aromatic rings. The molecular formula is C9H9N5O. The van der Waals surface area contributed by atoms with Crippen LogP contribution < -0.4 is 11.1 Å². The number of carbonyl (C=O) groups is 1. The van der Waals surface area contributed by atoms with Crippen molar-refractivity contribution < 1.29 is 4.79 Å². The molecule has 0 aliphatic carbocycles. The van der Waals surface area contributed by atoms with Crippen molar-refractivity contribution in [3.8, 4) is 0 Å². The zero-order valence-electron chi connectivity index (χ0n) is 7.77. The summed E-state index contributed by atoms with van der Waals surface area (Å²) in [5.41, 5.74) is 6.89. The minimum atomic E-state index is -0.316. The molecule has 6 nitrogen and oxygen atoms in total. The van der Waals surface area contributed by atoms with E-state index in [-0.39, 0.29) is 11.6 Å². The quantitative estimate of drug-likeness (QED) is 0.667. The summed E-state index contributed by atoms with van der Waals surface area (Å²) in [6, 6.07) is 3.13. The second kappa shape index (κ2) is 3.79. The Labute approximate surface area is 85.5 Å². The largest absolute Gasteiger partial charge is 0.399 e. The summed E-state index contributed by atoms with van der Waals surface area (Å²) in [6.45, 7) is 0. The third-order valence-electron chi connectivity index (χ3n) is 1.77. The number of nitrogens with zero attached hydrogens (tertiary/aromatic N) is 2. The predicted octanol–water partition coefficient (Wildman–Crippen LogP) is 0.639. The average Bonchev–Trinajstić information content (AvgIpc) is 2.70. The maximum absolute atomic E-state index is 11.6. The number of rotatable bonds is 2. The number of hydrogen-bond donors (Lipinski definition) is 3. The van der Waals surface area contributed by atoms with Gasteiger partial charge >= 0.3 is 0 Å². The van der Waals surface area contributed by atoms with Crippen molar-refractivity contribution in [3.63, 3.8) is 0 Å². The number of amides is 1. The first kappa shape index (κ1) is 9.20. The van der Waals surface area contributed by atoms with Crippen molar-refractivity contribution in [1.29, 1.82) is 0 Å². The summed E-state index contributed by atoms with van der Waals surface area (Å²) in [4.78, 5) is 15.5. The Morgan fingerprint density at radius 2 is 2.40 bits per heavy atom. The van der Waals surface area contributed by atoms with Crippen molar-refractivity contribution in [2.75, 3.05) is 11.1 Å². The first-order valence-electron chi connectivity index (χ1n) is 4.27. The van der Waals surface area contributed by atoms with Crippen LogP contribution in [0.15, 0.2) is 30.7 Å². The molecule has 0 radical (unpaired) electrons. The van der Waals surface area contributed by atoms with Gasteiger partial charge in [-0.15, -0.1) is 0 Å². The lowest BCUT2D eigenvalue weighted by molar-refractivity contribution is 0.102. The fourth-order valence-electron chi connectivity index (χ4n) is 1.09. The molecule has 0 aromatic carbocycles. The van der Waals surface area contributed by atoms with Gasteiger partial charge in [0, 0.05) is 18.1 Å². The van der Waals surface area contributed by atoms with Gasteiger partial charge in [-0.2, -0.15) is 5.10 Å². The van der Waals surface area contributed by atoms with Crippen molar-refractivity contribution in [1.82, 2.24) is 15.2 Å². The molecule has 0 spiro atoms. The van der Waals surface area contributed by atoms with Gasteiger partial charge in [0.1, 0.15) is 5.69 Å². The lowest BCUT2D eigenvalue weighted by Gasteiger charge is -2.01. The van der Waals surface area contributed by atoms with E-state index in [4.69, 9.17) is 5.73 Å². The molecule has 0 atom stereocenters. The molecule has 0 unspecified atom stereocenters. The average molecular weight is 203 g/mol. The zero-order valence-corrected chi connectivity index (χ0v) is 7.77. The molecule has 0 bridgehead atoms. The first-order chi connectivity index (χ1) is 7.25. The van der Waals surface area contributed by atoms with Gasteiger partial charge in [0.25, 0.3) is 5.91 Å². The van der Waals surface area contributed by atoms with Gasteiger partial charge in [-0.05, 0) is 12.1 Å². The van der Waals surface area contributed by atoms with E-state index in [1.807, 2.05) is 0 Å². The molecule has 15 heavy (non-hydrogen) atoms. The van der Waals surface area contributed by atoms with Gasteiger partial charge in [0.2, 0.25) is 0 Å². The Morgan fingerprint density at radius 1 is 1.53 bits per heavy atom. The van der Waals surface area contributed by atoms with Crippen LogP contribution in [0.1, 0.15) is 10.5 Å². The summed E-state index contributed by atoms with van der Waals surface area (Å²) in [5.74, 6) is -0.316. The summed E-state index contributed by atoms with van der Waals surface area (Å²) in [7, 11) is 0. The molecular weight excluding hydrogens is 194 g/mol. The number of nitrogens with one attached hydrogen (secondary N) is 2. The summed E-state index contributed by atoms with van der Waals surface area (Å²) in [5, 5.41) is 8.90. The van der Waals surface area contributed by atoms with Gasteiger partial charge < -0.3 is 11.1 Å². The molecule has 2 rings (SSSR count). The Balaban J connectivity index is 2.15. The lowest BCUT2D eigenvalue weighted by atomic mass is 10.3. The van der Waals surface area contributed by atoms with E-state index in [1.165, 1.54) is 18.5 Å². The van der Waals surface area contributed by atoms with E-state index >= 15 is 0 Å². The van der Waals surface area contributed by atoms with E-state index < -0.39 is 0 Å². The molecule has 0 fully saturated rings. The number of aromatic nitrogens is 3. The summed E-state index contributed by atoms with van der Waals surface area (Å²) in [6.07, 6.45) is 4.56. The maximum Gasteiger partial charge on any atom is 0.274 e. The van der Waals surface area contributed by atoms with Crippen LogP contribution in [0, 0.1) is 0 Å². The van der Waals surface area contributed by atoms with Crippen LogP contribution in [0.5, 0.6) is 0 Å². The van der Waals surface area contributed by atoms with Crippen LogP contribution in [-0.4, -0.2) is 21.1 Å². The minimum Gasteiger partial charge on any atom is -0.399 e. The zero-order chi connectivity index (χ0) is 10.7. The maximum atomic E-state index is 11.6. The van der Waals surface area contributed by atoms with Crippen molar-refractivity contribution in [3.05, 3.63) is 36.4 Å². The normalized spacial score (nSPS) is 9.87. The fourth-order valence-corrected chi connectivity index (χ4v) is 1.09. The topological polar surface area (TPSA) is 96.7 Å². The molecule has 0 aliphatic rings. The highest BCUT2D eigenvalue weighted by Crippen LogP contribution is 2.07. The molecule has 0 saturated heterocycles. The molecule has 0 saturated carbocycles. The van der Waals surface area contributed by atoms with Gasteiger partial charge in [-0.1, -0.05) is 0 Å². The van der Waals surface area contributed by atoms with Crippen LogP contribution in [0.4, 0.5) is 11.4 Å². The van der Waals surface area contributed by atoms with Gasteiger partial charge in [-0.25, -0.2) is 0 Å². The summed E-state index contributed by atoms with van der Waals surface area (Å²) >= 11 is 0. The Bertz CT molecular complexity index is 465. The van der Waals surface area contributed by atoms with E-state index in [0.717, 1.165) is 0 Å². The number of pyridine rings is 1. The number of H-pyrrole nitrogens is 1. The first-order valence-corrected chi connectivity index (χ1v) is 4.27. The van der Waals surface area contributed by atoms with E-state index in [1.54, 1.807) is 12.3 Å². The van der Waals surface area contributed by atoms with Gasteiger partial charge in [0.05, 0.1) is 11.9 Å². The van der Waals surface area contributed by atoms with Gasteiger partial charge in [0.15, 0.2) is 0 Å². The predicted molar refractivity (Wildman–Crippen MR) is 55.2 cm³/mol. The van der Waals surface area contributed by atoms with E-state index in [2.05, 4.69) is 20.5 Å². The Kier molecular flexibility index (Phi) is 2.32. The van der Waals surface area contributed by atoms with Crippen molar-refractivity contribution in [2.45, 2.75) is 0 Å². The SMILES string of the molecule is Nc1ccnc(C(=O)Nc2cn[nH]c2)c1. The molecule has 6 heteroatoms. The van der Waals surface area contributed by atoms with E-state index in [0.29, 0.717) is 11.4 Å². The molecule has 76 valence electrons. The molecule has 2 aromatic heterocycles. The van der Waals surface area contributed by atoms with Crippen LogP contribution >= 0.6 is 0 Å². The Morgan fingerprint density at radius 3 is 3.07 bits per heavy atom. The van der Waals surface area contributed by atoms with Gasteiger partial charge in [-0.3, -0.25) is 14.9 Å². The van der Waals surface area contributed by atoms with Crippen LogP contribution in [0.25, 0.3) is 0 Å². The number of anilines is 2. The van der Waals surface area contributed by atoms with E-state index in [9.17, 15) is 4.79 Å². The molecule has 0 aliphatic heterocycles. The number of nitrogen functional groups attached to an aromatic ring is 1. The van der Waals surface area contributed by atoms with Crippen LogP contribution in [0.3, 0.4) is 0 Å². The lowest BCUT2D eigenvalue weighted by Crippen LogP contribution is -2.13. The van der Waals surface area contributed by atoms with Crippen LogP contribution in [-0.2, 0) is 0 Å². The molecule has 1 amide bonds. The highest BCUT2D eigenvalue weighted by atomic mass is 16.1. The summed E-state index contributed by atoms with van der Waals surface area (Å²) < 4.78 is 0. The number of aromatic amines is 1. The molecule has 2 heterocycles. The van der Waals surface area contributed by atoms with Crippen molar-refractivity contribution >= 4 is 17.3 Å².